The Balaban J connectivity index is 2.03. The Morgan fingerprint density at radius 2 is 1.86 bits per heavy atom. The van der Waals surface area contributed by atoms with Gasteiger partial charge in [-0.1, -0.05) is 22.0 Å². The number of halogens is 4. The molecule has 0 bridgehead atoms. The first-order valence-electron chi connectivity index (χ1n) is 6.86. The lowest BCUT2D eigenvalue weighted by atomic mass is 10.1. The molecular formula is C14H19BrF3N3. The molecule has 1 aliphatic rings. The minimum Gasteiger partial charge on any atom is -0.369 e. The van der Waals surface area contributed by atoms with E-state index in [-0.39, 0.29) is 0 Å². The van der Waals surface area contributed by atoms with Crippen LogP contribution in [0.25, 0.3) is 0 Å². The monoisotopic (exact) mass is 365 g/mol. The van der Waals surface area contributed by atoms with E-state index in [1.54, 1.807) is 0 Å². The molecule has 1 fully saturated rings. The van der Waals surface area contributed by atoms with Gasteiger partial charge < -0.3 is 10.2 Å². The number of nitrogens with one attached hydrogen (secondary N) is 1. The normalized spacial score (nSPS) is 17.3. The number of hydrogen-bond donors (Lipinski definition) is 1. The number of alkyl halides is 3. The van der Waals surface area contributed by atoms with Gasteiger partial charge in [0.1, 0.15) is 0 Å². The van der Waals surface area contributed by atoms with E-state index in [1.165, 1.54) is 4.90 Å². The Hall–Kier alpha value is -0.790. The summed E-state index contributed by atoms with van der Waals surface area (Å²) in [5.74, 6) is 0. The second-order valence-corrected chi connectivity index (χ2v) is 6.10. The summed E-state index contributed by atoms with van der Waals surface area (Å²) in [6.45, 7) is 2.02. The van der Waals surface area contributed by atoms with E-state index in [2.05, 4.69) is 26.1 Å². The van der Waals surface area contributed by atoms with Crippen molar-refractivity contribution in [2.45, 2.75) is 12.7 Å². The van der Waals surface area contributed by atoms with Crippen LogP contribution in [0.1, 0.15) is 5.56 Å². The van der Waals surface area contributed by atoms with Gasteiger partial charge in [0.25, 0.3) is 0 Å². The number of nitrogens with zero attached hydrogens (tertiary/aromatic N) is 2. The molecule has 118 valence electrons. The molecule has 7 heteroatoms. The van der Waals surface area contributed by atoms with E-state index < -0.39 is 12.7 Å². The van der Waals surface area contributed by atoms with Gasteiger partial charge in [0.2, 0.25) is 0 Å². The molecular weight excluding hydrogens is 347 g/mol. The maximum atomic E-state index is 12.4. The number of piperazine rings is 1. The highest BCUT2D eigenvalue weighted by Crippen LogP contribution is 2.27. The minimum atomic E-state index is -4.12. The molecule has 0 aliphatic carbocycles. The molecule has 1 aromatic rings. The van der Waals surface area contributed by atoms with Gasteiger partial charge in [0.15, 0.2) is 0 Å². The van der Waals surface area contributed by atoms with E-state index in [0.29, 0.717) is 26.2 Å². The van der Waals surface area contributed by atoms with Crippen LogP contribution >= 0.6 is 15.9 Å². The van der Waals surface area contributed by atoms with Crippen LogP contribution in [-0.2, 0) is 6.54 Å². The standard InChI is InChI=1S/C14H19BrF3N3/c1-19-9-11-2-3-12(15)8-13(11)21-6-4-20(5-7-21)10-14(16,17)18/h2-3,8,19H,4-7,9-10H2,1H3. The smallest absolute Gasteiger partial charge is 0.369 e. The van der Waals surface area contributed by atoms with Crippen molar-refractivity contribution in [3.05, 3.63) is 28.2 Å². The average Bonchev–Trinajstić information content (AvgIpc) is 2.40. The van der Waals surface area contributed by atoms with Crippen LogP contribution in [0.15, 0.2) is 22.7 Å². The fourth-order valence-electron chi connectivity index (χ4n) is 2.57. The summed E-state index contributed by atoms with van der Waals surface area (Å²) in [6, 6.07) is 6.06. The van der Waals surface area contributed by atoms with Crippen molar-refractivity contribution >= 4 is 21.6 Å². The summed E-state index contributed by atoms with van der Waals surface area (Å²) in [5.41, 5.74) is 2.25. The van der Waals surface area contributed by atoms with E-state index >= 15 is 0 Å². The highest BCUT2D eigenvalue weighted by Gasteiger charge is 2.32. The second-order valence-electron chi connectivity index (χ2n) is 5.18. The quantitative estimate of drug-likeness (QED) is 0.884. The van der Waals surface area contributed by atoms with Crippen molar-refractivity contribution in [3.8, 4) is 0 Å². The van der Waals surface area contributed by atoms with E-state index in [0.717, 1.165) is 22.3 Å². The maximum Gasteiger partial charge on any atom is 0.401 e. The van der Waals surface area contributed by atoms with E-state index in [1.807, 2.05) is 25.2 Å². The Morgan fingerprint density at radius 3 is 2.43 bits per heavy atom. The van der Waals surface area contributed by atoms with Crippen molar-refractivity contribution < 1.29 is 13.2 Å². The highest BCUT2D eigenvalue weighted by atomic mass is 79.9. The summed E-state index contributed by atoms with van der Waals surface area (Å²) in [6.07, 6.45) is -4.12. The number of anilines is 1. The minimum absolute atomic E-state index is 0.436. The van der Waals surface area contributed by atoms with Gasteiger partial charge in [-0.05, 0) is 24.7 Å². The summed E-state index contributed by atoms with van der Waals surface area (Å²) in [7, 11) is 1.88. The molecule has 0 saturated carbocycles. The summed E-state index contributed by atoms with van der Waals surface area (Å²) >= 11 is 3.46. The van der Waals surface area contributed by atoms with E-state index in [4.69, 9.17) is 0 Å². The van der Waals surface area contributed by atoms with Crippen molar-refractivity contribution in [2.75, 3.05) is 44.7 Å². The van der Waals surface area contributed by atoms with Crippen molar-refractivity contribution in [1.29, 1.82) is 0 Å². The van der Waals surface area contributed by atoms with Crippen LogP contribution in [-0.4, -0.2) is 50.8 Å². The van der Waals surface area contributed by atoms with E-state index in [9.17, 15) is 13.2 Å². The molecule has 1 N–H and O–H groups in total. The zero-order valence-corrected chi connectivity index (χ0v) is 13.5. The van der Waals surface area contributed by atoms with Crippen LogP contribution in [0, 0.1) is 0 Å². The fraction of sp³-hybridized carbons (Fsp3) is 0.571. The Bertz CT molecular complexity index is 471. The molecule has 0 unspecified atom stereocenters. The van der Waals surface area contributed by atoms with Crippen LogP contribution in [0.2, 0.25) is 0 Å². The first kappa shape index (κ1) is 16.6. The number of hydrogen-bond acceptors (Lipinski definition) is 3. The van der Waals surface area contributed by atoms with Crippen LogP contribution in [0.4, 0.5) is 18.9 Å². The van der Waals surface area contributed by atoms with Gasteiger partial charge in [-0.25, -0.2) is 0 Å². The van der Waals surface area contributed by atoms with Crippen molar-refractivity contribution in [1.82, 2.24) is 10.2 Å². The zero-order valence-electron chi connectivity index (χ0n) is 11.9. The SMILES string of the molecule is CNCc1ccc(Br)cc1N1CCN(CC(F)(F)F)CC1. The van der Waals surface area contributed by atoms with Crippen LogP contribution < -0.4 is 10.2 Å². The summed E-state index contributed by atoms with van der Waals surface area (Å²) in [4.78, 5) is 3.62. The molecule has 2 rings (SSSR count). The zero-order chi connectivity index (χ0) is 15.5. The average molecular weight is 366 g/mol. The molecule has 1 aromatic carbocycles. The molecule has 0 atom stereocenters. The Labute approximate surface area is 131 Å². The van der Waals surface area contributed by atoms with Gasteiger partial charge >= 0.3 is 6.18 Å². The number of rotatable bonds is 4. The second kappa shape index (κ2) is 6.98. The summed E-state index contributed by atoms with van der Waals surface area (Å²) < 4.78 is 38.2. The third kappa shape index (κ3) is 4.86. The molecule has 0 radical (unpaired) electrons. The molecule has 0 amide bonds. The molecule has 1 aliphatic heterocycles. The Kier molecular flexibility index (Phi) is 5.51. The molecule has 1 saturated heterocycles. The molecule has 1 heterocycles. The Morgan fingerprint density at radius 1 is 1.19 bits per heavy atom. The van der Waals surface area contributed by atoms with Gasteiger partial charge in [-0.15, -0.1) is 0 Å². The van der Waals surface area contributed by atoms with Gasteiger partial charge in [0, 0.05) is 42.9 Å². The van der Waals surface area contributed by atoms with Crippen molar-refractivity contribution in [3.63, 3.8) is 0 Å². The number of benzene rings is 1. The first-order chi connectivity index (χ1) is 9.89. The van der Waals surface area contributed by atoms with Gasteiger partial charge in [-0.2, -0.15) is 13.2 Å². The lowest BCUT2D eigenvalue weighted by molar-refractivity contribution is -0.146. The molecule has 21 heavy (non-hydrogen) atoms. The predicted octanol–water partition coefficient (Wildman–Crippen LogP) is 2.85. The molecule has 3 nitrogen and oxygen atoms in total. The topological polar surface area (TPSA) is 18.5 Å². The lowest BCUT2D eigenvalue weighted by Gasteiger charge is -2.37. The lowest BCUT2D eigenvalue weighted by Crippen LogP contribution is -2.49. The predicted molar refractivity (Wildman–Crippen MR) is 81.6 cm³/mol. The van der Waals surface area contributed by atoms with Crippen molar-refractivity contribution in [2.24, 2.45) is 0 Å². The van der Waals surface area contributed by atoms with Crippen LogP contribution in [0.3, 0.4) is 0 Å². The fourth-order valence-corrected chi connectivity index (χ4v) is 2.92. The third-order valence-corrected chi connectivity index (χ3v) is 4.02. The first-order valence-corrected chi connectivity index (χ1v) is 7.65. The maximum absolute atomic E-state index is 12.4. The summed E-state index contributed by atoms with van der Waals surface area (Å²) in [5, 5.41) is 3.12. The molecule has 0 aromatic heterocycles. The van der Waals surface area contributed by atoms with Gasteiger partial charge in [-0.3, -0.25) is 4.90 Å². The molecule has 0 spiro atoms. The van der Waals surface area contributed by atoms with Crippen LogP contribution in [0.5, 0.6) is 0 Å². The van der Waals surface area contributed by atoms with Gasteiger partial charge in [0.05, 0.1) is 6.54 Å². The largest absolute Gasteiger partial charge is 0.401 e. The highest BCUT2D eigenvalue weighted by molar-refractivity contribution is 9.10. The third-order valence-electron chi connectivity index (χ3n) is 3.53.